The van der Waals surface area contributed by atoms with Crippen LogP contribution in [0.3, 0.4) is 0 Å². The molecule has 2 rings (SSSR count). The zero-order valence-corrected chi connectivity index (χ0v) is 9.94. The molecule has 1 atom stereocenters. The highest BCUT2D eigenvalue weighted by molar-refractivity contribution is 5.23. The van der Waals surface area contributed by atoms with Gasteiger partial charge in [0, 0.05) is 6.54 Å². The van der Waals surface area contributed by atoms with Gasteiger partial charge < -0.3 is 10.5 Å². The van der Waals surface area contributed by atoms with Crippen molar-refractivity contribution in [2.45, 2.75) is 39.3 Å². The summed E-state index contributed by atoms with van der Waals surface area (Å²) in [5.74, 6) is 0. The molecule has 2 N–H and O–H groups in total. The van der Waals surface area contributed by atoms with Gasteiger partial charge in [0.15, 0.2) is 0 Å². The average Bonchev–Trinajstić information content (AvgIpc) is 2.70. The van der Waals surface area contributed by atoms with Crippen molar-refractivity contribution >= 4 is 0 Å². The summed E-state index contributed by atoms with van der Waals surface area (Å²) >= 11 is 0. The summed E-state index contributed by atoms with van der Waals surface area (Å²) in [6.07, 6.45) is 3.89. The van der Waals surface area contributed by atoms with Crippen LogP contribution < -0.4 is 5.73 Å². The standard InChI is InChI=1S/C12H19N3O/c1-3-15-11(7-9(2)14-15)12(13)10-5-4-6-16-8-10/h7-8,12H,3-6,13H2,1-2H3. The molecule has 1 aromatic rings. The Balaban J connectivity index is 2.25. The molecule has 0 saturated heterocycles. The SMILES string of the molecule is CCn1nc(C)cc1C(N)C1=COCCC1. The fourth-order valence-electron chi connectivity index (χ4n) is 2.07. The Morgan fingerprint density at radius 1 is 1.62 bits per heavy atom. The number of rotatable bonds is 3. The lowest BCUT2D eigenvalue weighted by Crippen LogP contribution is -2.20. The molecule has 0 aromatic carbocycles. The minimum absolute atomic E-state index is 0.0820. The Morgan fingerprint density at radius 2 is 2.44 bits per heavy atom. The summed E-state index contributed by atoms with van der Waals surface area (Å²) in [5, 5.41) is 4.41. The van der Waals surface area contributed by atoms with E-state index < -0.39 is 0 Å². The minimum atomic E-state index is -0.0820. The predicted molar refractivity (Wildman–Crippen MR) is 62.8 cm³/mol. The quantitative estimate of drug-likeness (QED) is 0.848. The van der Waals surface area contributed by atoms with Gasteiger partial charge >= 0.3 is 0 Å². The number of aromatic nitrogens is 2. The van der Waals surface area contributed by atoms with Crippen molar-refractivity contribution in [2.24, 2.45) is 5.73 Å². The highest BCUT2D eigenvalue weighted by atomic mass is 16.5. The first-order chi connectivity index (χ1) is 7.72. The largest absolute Gasteiger partial charge is 0.501 e. The van der Waals surface area contributed by atoms with Crippen LogP contribution in [0.1, 0.15) is 37.2 Å². The maximum absolute atomic E-state index is 6.25. The molecule has 1 unspecified atom stereocenters. The van der Waals surface area contributed by atoms with E-state index in [0.29, 0.717) is 0 Å². The fraction of sp³-hybridized carbons (Fsp3) is 0.583. The molecule has 0 radical (unpaired) electrons. The molecule has 2 heterocycles. The second kappa shape index (κ2) is 4.70. The summed E-state index contributed by atoms with van der Waals surface area (Å²) < 4.78 is 7.30. The first kappa shape index (κ1) is 11.2. The second-order valence-electron chi connectivity index (χ2n) is 4.17. The molecule has 0 fully saturated rings. The summed E-state index contributed by atoms with van der Waals surface area (Å²) in [7, 11) is 0. The van der Waals surface area contributed by atoms with E-state index in [4.69, 9.17) is 10.5 Å². The number of hydrogen-bond donors (Lipinski definition) is 1. The predicted octanol–water partition coefficient (Wildman–Crippen LogP) is 1.91. The van der Waals surface area contributed by atoms with Crippen LogP contribution >= 0.6 is 0 Å². The molecule has 0 spiro atoms. The Kier molecular flexibility index (Phi) is 3.29. The first-order valence-electron chi connectivity index (χ1n) is 5.83. The molecule has 0 amide bonds. The third kappa shape index (κ3) is 2.11. The van der Waals surface area contributed by atoms with E-state index in [1.807, 2.05) is 17.9 Å². The van der Waals surface area contributed by atoms with E-state index >= 15 is 0 Å². The number of hydrogen-bond acceptors (Lipinski definition) is 3. The maximum Gasteiger partial charge on any atom is 0.0876 e. The fourth-order valence-corrected chi connectivity index (χ4v) is 2.07. The van der Waals surface area contributed by atoms with Gasteiger partial charge in [-0.2, -0.15) is 5.10 Å². The molecule has 1 aromatic heterocycles. The van der Waals surface area contributed by atoms with Gasteiger partial charge in [-0.1, -0.05) is 0 Å². The Bertz CT molecular complexity index is 395. The third-order valence-electron chi connectivity index (χ3n) is 2.91. The summed E-state index contributed by atoms with van der Waals surface area (Å²) in [5.41, 5.74) is 9.52. The van der Waals surface area contributed by atoms with Crippen LogP contribution in [-0.2, 0) is 11.3 Å². The molecule has 1 aliphatic rings. The van der Waals surface area contributed by atoms with Gasteiger partial charge in [0.2, 0.25) is 0 Å². The van der Waals surface area contributed by atoms with Gasteiger partial charge in [0.25, 0.3) is 0 Å². The van der Waals surface area contributed by atoms with Crippen LogP contribution in [0, 0.1) is 6.92 Å². The molecule has 4 heteroatoms. The lowest BCUT2D eigenvalue weighted by Gasteiger charge is -2.20. The van der Waals surface area contributed by atoms with Gasteiger partial charge in [-0.3, -0.25) is 4.68 Å². The molecule has 88 valence electrons. The number of ether oxygens (including phenoxy) is 1. The van der Waals surface area contributed by atoms with Crippen molar-refractivity contribution in [1.29, 1.82) is 0 Å². The first-order valence-corrected chi connectivity index (χ1v) is 5.83. The van der Waals surface area contributed by atoms with E-state index in [2.05, 4.69) is 18.1 Å². The summed E-state index contributed by atoms with van der Waals surface area (Å²) in [4.78, 5) is 0. The third-order valence-corrected chi connectivity index (χ3v) is 2.91. The molecule has 0 aliphatic carbocycles. The molecule has 0 saturated carbocycles. The molecular weight excluding hydrogens is 202 g/mol. The van der Waals surface area contributed by atoms with E-state index in [1.165, 1.54) is 5.57 Å². The smallest absolute Gasteiger partial charge is 0.0876 e. The van der Waals surface area contributed by atoms with Crippen LogP contribution in [-0.4, -0.2) is 16.4 Å². The van der Waals surface area contributed by atoms with Gasteiger partial charge in [-0.25, -0.2) is 0 Å². The normalized spacial score (nSPS) is 17.8. The monoisotopic (exact) mass is 221 g/mol. The zero-order valence-electron chi connectivity index (χ0n) is 9.94. The Morgan fingerprint density at radius 3 is 3.06 bits per heavy atom. The van der Waals surface area contributed by atoms with E-state index in [9.17, 15) is 0 Å². The molecule has 1 aliphatic heterocycles. The maximum atomic E-state index is 6.25. The van der Waals surface area contributed by atoms with Crippen LogP contribution in [0.25, 0.3) is 0 Å². The van der Waals surface area contributed by atoms with Crippen LogP contribution in [0.15, 0.2) is 17.9 Å². The topological polar surface area (TPSA) is 53.1 Å². The van der Waals surface area contributed by atoms with Crippen LogP contribution in [0.5, 0.6) is 0 Å². The molecule has 0 bridgehead atoms. The van der Waals surface area contributed by atoms with Crippen molar-refractivity contribution in [2.75, 3.05) is 6.61 Å². The average molecular weight is 221 g/mol. The van der Waals surface area contributed by atoms with Crippen LogP contribution in [0.2, 0.25) is 0 Å². The van der Waals surface area contributed by atoms with Crippen molar-refractivity contribution in [3.63, 3.8) is 0 Å². The van der Waals surface area contributed by atoms with E-state index in [-0.39, 0.29) is 6.04 Å². The van der Waals surface area contributed by atoms with Gasteiger partial charge in [0.1, 0.15) is 0 Å². The summed E-state index contributed by atoms with van der Waals surface area (Å²) in [6, 6.07) is 1.98. The second-order valence-corrected chi connectivity index (χ2v) is 4.17. The minimum Gasteiger partial charge on any atom is -0.501 e. The number of aryl methyl sites for hydroxylation is 2. The van der Waals surface area contributed by atoms with Gasteiger partial charge in [0.05, 0.1) is 30.3 Å². The highest BCUT2D eigenvalue weighted by Crippen LogP contribution is 2.25. The lowest BCUT2D eigenvalue weighted by atomic mass is 10.00. The van der Waals surface area contributed by atoms with Crippen molar-refractivity contribution in [3.05, 3.63) is 29.3 Å². The molecular formula is C12H19N3O. The van der Waals surface area contributed by atoms with E-state index in [1.54, 1.807) is 0 Å². The van der Waals surface area contributed by atoms with Crippen LogP contribution in [0.4, 0.5) is 0 Å². The van der Waals surface area contributed by atoms with Crippen molar-refractivity contribution in [1.82, 2.24) is 9.78 Å². The lowest BCUT2D eigenvalue weighted by molar-refractivity contribution is 0.221. The highest BCUT2D eigenvalue weighted by Gasteiger charge is 2.19. The van der Waals surface area contributed by atoms with Gasteiger partial charge in [-0.05, 0) is 38.3 Å². The van der Waals surface area contributed by atoms with Crippen molar-refractivity contribution in [3.8, 4) is 0 Å². The number of nitrogens with zero attached hydrogens (tertiary/aromatic N) is 2. The van der Waals surface area contributed by atoms with Crippen molar-refractivity contribution < 1.29 is 4.74 Å². The molecule has 4 nitrogen and oxygen atoms in total. The number of nitrogens with two attached hydrogens (primary N) is 1. The summed E-state index contributed by atoms with van der Waals surface area (Å²) in [6.45, 7) is 5.73. The van der Waals surface area contributed by atoms with Gasteiger partial charge in [-0.15, -0.1) is 0 Å². The zero-order chi connectivity index (χ0) is 11.5. The Labute approximate surface area is 96.1 Å². The van der Waals surface area contributed by atoms with E-state index in [0.717, 1.165) is 37.4 Å². The molecule has 16 heavy (non-hydrogen) atoms. The Hall–Kier alpha value is -1.29.